The van der Waals surface area contributed by atoms with Gasteiger partial charge in [-0.15, -0.1) is 10.2 Å². The highest BCUT2D eigenvalue weighted by molar-refractivity contribution is 8.01. The van der Waals surface area contributed by atoms with Crippen LogP contribution < -0.4 is 4.72 Å². The number of thioether (sulfide) groups is 1. The van der Waals surface area contributed by atoms with Crippen LogP contribution in [0.4, 0.5) is 0 Å². The molecule has 4 aromatic carbocycles. The highest BCUT2D eigenvalue weighted by atomic mass is 32.2. The van der Waals surface area contributed by atoms with Gasteiger partial charge in [0, 0.05) is 23.8 Å². The predicted octanol–water partition coefficient (Wildman–Crippen LogP) is 7.07. The number of aliphatic hydroxyl groups excluding tert-OH is 1. The Bertz CT molecular complexity index is 1870. The van der Waals surface area contributed by atoms with Crippen LogP contribution in [0.15, 0.2) is 112 Å². The zero-order valence-electron chi connectivity index (χ0n) is 25.4. The van der Waals surface area contributed by atoms with Gasteiger partial charge in [0.15, 0.2) is 10.6 Å². The lowest BCUT2D eigenvalue weighted by atomic mass is 9.91. The average molecular weight is 674 g/mol. The number of benzene rings is 4. The van der Waals surface area contributed by atoms with Crippen molar-refractivity contribution in [3.63, 3.8) is 0 Å². The fraction of sp³-hybridized carbons (Fsp3) is 0.257. The van der Waals surface area contributed by atoms with Gasteiger partial charge in [0.25, 0.3) is 0 Å². The first-order valence-electron chi connectivity index (χ1n) is 15.0. The average Bonchev–Trinajstić information content (AvgIpc) is 3.52. The Labute approximate surface area is 277 Å². The topological polar surface area (TPSA) is 111 Å². The summed E-state index contributed by atoms with van der Waals surface area (Å²) in [5, 5.41) is 18.9. The molecule has 0 bridgehead atoms. The molecule has 46 heavy (non-hydrogen) atoms. The first-order chi connectivity index (χ1) is 22.3. The van der Waals surface area contributed by atoms with Crippen LogP contribution in [0.2, 0.25) is 0 Å². The second-order valence-electron chi connectivity index (χ2n) is 11.2. The molecule has 238 valence electrons. The molecule has 6 rings (SSSR count). The van der Waals surface area contributed by atoms with Crippen molar-refractivity contribution in [2.24, 2.45) is 5.92 Å². The van der Waals surface area contributed by atoms with Crippen molar-refractivity contribution < 1.29 is 23.0 Å². The first kappa shape index (κ1) is 32.5. The van der Waals surface area contributed by atoms with Gasteiger partial charge < -0.3 is 14.6 Å². The Kier molecular flexibility index (Phi) is 10.3. The molecule has 0 aliphatic carbocycles. The maximum absolute atomic E-state index is 12.8. The number of sulfonamides is 1. The van der Waals surface area contributed by atoms with Crippen molar-refractivity contribution in [2.45, 2.75) is 54.7 Å². The molecular weight excluding hydrogens is 639 g/mol. The molecule has 4 atom stereocenters. The number of aryl methyl sites for hydroxylation is 1. The summed E-state index contributed by atoms with van der Waals surface area (Å²) >= 11 is 3.21. The molecule has 1 saturated heterocycles. The van der Waals surface area contributed by atoms with Crippen molar-refractivity contribution in [1.82, 2.24) is 14.9 Å². The van der Waals surface area contributed by atoms with Crippen molar-refractivity contribution in [3.8, 4) is 11.1 Å². The zero-order chi connectivity index (χ0) is 32.1. The number of nitrogens with zero attached hydrogens (tertiary/aromatic N) is 2. The minimum Gasteiger partial charge on any atom is -0.392 e. The molecule has 2 heterocycles. The van der Waals surface area contributed by atoms with E-state index >= 15 is 0 Å². The Hall–Kier alpha value is -3.42. The second kappa shape index (κ2) is 14.6. The van der Waals surface area contributed by atoms with Crippen LogP contribution in [0.1, 0.15) is 46.6 Å². The van der Waals surface area contributed by atoms with Gasteiger partial charge >= 0.3 is 0 Å². The molecule has 1 aromatic heterocycles. The third-order valence-corrected chi connectivity index (χ3v) is 11.4. The minimum absolute atomic E-state index is 0.0134. The number of hydrogen-bond acceptors (Lipinski definition) is 9. The predicted molar refractivity (Wildman–Crippen MR) is 181 cm³/mol. The molecule has 1 fully saturated rings. The van der Waals surface area contributed by atoms with Crippen LogP contribution in [-0.4, -0.2) is 35.6 Å². The van der Waals surface area contributed by atoms with Gasteiger partial charge in [0.05, 0.1) is 23.7 Å². The largest absolute Gasteiger partial charge is 0.392 e. The summed E-state index contributed by atoms with van der Waals surface area (Å²) in [5.74, 6) is 0.749. The molecule has 8 nitrogen and oxygen atoms in total. The van der Waals surface area contributed by atoms with Gasteiger partial charge in [-0.2, -0.15) is 0 Å². The van der Waals surface area contributed by atoms with Crippen molar-refractivity contribution in [1.29, 1.82) is 0 Å². The summed E-state index contributed by atoms with van der Waals surface area (Å²) in [6, 6.07) is 32.2. The molecule has 2 N–H and O–H groups in total. The lowest BCUT2D eigenvalue weighted by Gasteiger charge is -2.41. The molecule has 0 amide bonds. The van der Waals surface area contributed by atoms with Gasteiger partial charge in [-0.05, 0) is 59.0 Å². The van der Waals surface area contributed by atoms with E-state index in [1.54, 1.807) is 53.4 Å². The molecule has 1 aliphatic rings. The zero-order valence-corrected chi connectivity index (χ0v) is 27.9. The summed E-state index contributed by atoms with van der Waals surface area (Å²) in [6.45, 7) is 4.25. The van der Waals surface area contributed by atoms with E-state index in [1.807, 2.05) is 73.7 Å². The van der Waals surface area contributed by atoms with E-state index in [4.69, 9.17) is 9.47 Å². The highest BCUT2D eigenvalue weighted by Crippen LogP contribution is 2.43. The molecular formula is C35H35N3O5S3. The fourth-order valence-corrected chi connectivity index (χ4v) is 8.43. The SMILES string of the molecule is Cc1nnc(SC[C@@H]2O[C@H](c3cccc(-c4cccc(CNS(=O)(=O)c5ccccc5)c4)c3)O[C@H](c3ccc(CO)cc3)[C@@H]2C)s1. The van der Waals surface area contributed by atoms with Crippen LogP contribution in [0.5, 0.6) is 0 Å². The first-order valence-corrected chi connectivity index (χ1v) is 18.2. The summed E-state index contributed by atoms with van der Waals surface area (Å²) in [6.07, 6.45) is -0.959. The van der Waals surface area contributed by atoms with Crippen LogP contribution >= 0.6 is 23.1 Å². The fourth-order valence-electron chi connectivity index (χ4n) is 5.39. The monoisotopic (exact) mass is 673 g/mol. The number of ether oxygens (including phenoxy) is 2. The Balaban J connectivity index is 1.23. The van der Waals surface area contributed by atoms with Gasteiger partial charge in [0.1, 0.15) is 5.01 Å². The van der Waals surface area contributed by atoms with Crippen LogP contribution in [0.3, 0.4) is 0 Å². The van der Waals surface area contributed by atoms with Gasteiger partial charge in [0.2, 0.25) is 10.0 Å². The number of nitrogens with one attached hydrogen (secondary N) is 1. The number of rotatable bonds is 11. The summed E-state index contributed by atoms with van der Waals surface area (Å²) in [5.41, 5.74) is 5.53. The molecule has 11 heteroatoms. The van der Waals surface area contributed by atoms with E-state index in [0.29, 0.717) is 5.75 Å². The van der Waals surface area contributed by atoms with Crippen LogP contribution in [-0.2, 0) is 32.6 Å². The van der Waals surface area contributed by atoms with Gasteiger partial charge in [-0.25, -0.2) is 13.1 Å². The number of hydrogen-bond donors (Lipinski definition) is 2. The standard InChI is InChI=1S/C35H35N3O5S3/c1-23-32(22-44-35-38-37-24(2)45-35)42-34(43-33(23)27-16-14-25(21-39)15-17-27)30-11-7-10-29(19-30)28-9-6-8-26(18-28)20-36-46(40,41)31-12-4-3-5-13-31/h3-19,23,32-34,36,39H,20-22H2,1-2H3/t23-,32+,33+,34+/m1/s1. The maximum Gasteiger partial charge on any atom is 0.240 e. The summed E-state index contributed by atoms with van der Waals surface area (Å²) in [4.78, 5) is 0.235. The van der Waals surface area contributed by atoms with Crippen molar-refractivity contribution in [2.75, 3.05) is 5.75 Å². The molecule has 0 unspecified atom stereocenters. The molecule has 1 aliphatic heterocycles. The Morgan fingerprint density at radius 1 is 0.848 bits per heavy atom. The molecule has 0 radical (unpaired) electrons. The third kappa shape index (κ3) is 7.75. The summed E-state index contributed by atoms with van der Waals surface area (Å²) < 4.78 is 42.4. The smallest absolute Gasteiger partial charge is 0.240 e. The number of aliphatic hydroxyl groups is 1. The number of aromatic nitrogens is 2. The molecule has 0 spiro atoms. The second-order valence-corrected chi connectivity index (χ2v) is 15.4. The quantitative estimate of drug-likeness (QED) is 0.143. The van der Waals surface area contributed by atoms with E-state index in [2.05, 4.69) is 27.9 Å². The van der Waals surface area contributed by atoms with Gasteiger partial charge in [-0.3, -0.25) is 0 Å². The highest BCUT2D eigenvalue weighted by Gasteiger charge is 2.38. The van der Waals surface area contributed by atoms with Crippen molar-refractivity contribution >= 4 is 33.1 Å². The normalized spacial score (nSPS) is 20.1. The Morgan fingerprint density at radius 2 is 1.59 bits per heavy atom. The van der Waals surface area contributed by atoms with Crippen LogP contribution in [0, 0.1) is 12.8 Å². The lowest BCUT2D eigenvalue weighted by Crippen LogP contribution is -2.38. The van der Waals surface area contributed by atoms with Gasteiger partial charge in [-0.1, -0.05) is 109 Å². The van der Waals surface area contributed by atoms with E-state index < -0.39 is 16.3 Å². The van der Waals surface area contributed by atoms with E-state index in [0.717, 1.165) is 42.7 Å². The third-order valence-electron chi connectivity index (χ3n) is 7.94. The maximum atomic E-state index is 12.8. The molecule has 0 saturated carbocycles. The lowest BCUT2D eigenvalue weighted by molar-refractivity contribution is -0.268. The Morgan fingerprint density at radius 3 is 2.30 bits per heavy atom. The minimum atomic E-state index is -3.62. The van der Waals surface area contributed by atoms with E-state index in [9.17, 15) is 13.5 Å². The summed E-state index contributed by atoms with van der Waals surface area (Å²) in [7, 11) is -3.62. The van der Waals surface area contributed by atoms with E-state index in [1.165, 1.54) is 0 Å². The van der Waals surface area contributed by atoms with Crippen LogP contribution in [0.25, 0.3) is 11.1 Å². The van der Waals surface area contributed by atoms with Crippen molar-refractivity contribution in [3.05, 3.63) is 130 Å². The van der Waals surface area contributed by atoms with E-state index in [-0.39, 0.29) is 36.2 Å². The molecule has 5 aromatic rings.